The van der Waals surface area contributed by atoms with Crippen molar-refractivity contribution in [1.82, 2.24) is 15.3 Å². The number of rotatable bonds is 6. The van der Waals surface area contributed by atoms with Gasteiger partial charge in [0.2, 0.25) is 11.9 Å². The minimum Gasteiger partial charge on any atom is -0.497 e. The highest BCUT2D eigenvalue weighted by Gasteiger charge is 2.26. The maximum Gasteiger partial charge on any atom is 0.225 e. The Kier molecular flexibility index (Phi) is 6.27. The highest BCUT2D eigenvalue weighted by atomic mass is 16.5. The molecule has 0 saturated carbocycles. The highest BCUT2D eigenvalue weighted by Crippen LogP contribution is 2.21. The minimum atomic E-state index is 0.0722. The molecule has 0 radical (unpaired) electrons. The lowest BCUT2D eigenvalue weighted by Gasteiger charge is -2.31. The second-order valence-electron chi connectivity index (χ2n) is 7.10. The van der Waals surface area contributed by atoms with Crippen LogP contribution in [0.5, 0.6) is 5.75 Å². The maximum atomic E-state index is 12.5. The number of ether oxygens (including phenoxy) is 1. The Morgan fingerprint density at radius 1 is 1.15 bits per heavy atom. The van der Waals surface area contributed by atoms with E-state index in [1.165, 1.54) is 5.56 Å². The first-order chi connectivity index (χ1) is 13.0. The zero-order valence-corrected chi connectivity index (χ0v) is 16.4. The Morgan fingerprint density at radius 2 is 1.78 bits per heavy atom. The second-order valence-corrected chi connectivity index (χ2v) is 7.10. The summed E-state index contributed by atoms with van der Waals surface area (Å²) in [5.41, 5.74) is 3.16. The third-order valence-electron chi connectivity index (χ3n) is 4.99. The van der Waals surface area contributed by atoms with Crippen LogP contribution in [0.15, 0.2) is 30.3 Å². The molecular weight excluding hydrogens is 340 g/mol. The molecule has 0 unspecified atom stereocenters. The largest absolute Gasteiger partial charge is 0.497 e. The van der Waals surface area contributed by atoms with Gasteiger partial charge in [-0.05, 0) is 56.9 Å². The normalized spacial score (nSPS) is 14.9. The molecular formula is C21H28N4O2. The van der Waals surface area contributed by atoms with E-state index in [1.54, 1.807) is 7.11 Å². The molecule has 1 aromatic carbocycles. The van der Waals surface area contributed by atoms with Gasteiger partial charge in [-0.15, -0.1) is 0 Å². The number of piperidine rings is 1. The van der Waals surface area contributed by atoms with Crippen LogP contribution in [0.1, 0.15) is 29.8 Å². The van der Waals surface area contributed by atoms with Crippen molar-refractivity contribution < 1.29 is 9.53 Å². The number of anilines is 1. The van der Waals surface area contributed by atoms with Crippen molar-refractivity contribution in [2.24, 2.45) is 5.92 Å². The van der Waals surface area contributed by atoms with Gasteiger partial charge in [-0.2, -0.15) is 0 Å². The fourth-order valence-electron chi connectivity index (χ4n) is 3.46. The highest BCUT2D eigenvalue weighted by molar-refractivity contribution is 5.78. The van der Waals surface area contributed by atoms with Gasteiger partial charge in [0, 0.05) is 36.9 Å². The molecule has 1 amide bonds. The number of carbonyl (C=O) groups is 1. The number of carbonyl (C=O) groups excluding carboxylic acids is 1. The molecule has 144 valence electrons. The summed E-state index contributed by atoms with van der Waals surface area (Å²) >= 11 is 0. The molecule has 27 heavy (non-hydrogen) atoms. The van der Waals surface area contributed by atoms with Gasteiger partial charge in [0.25, 0.3) is 0 Å². The predicted molar refractivity (Wildman–Crippen MR) is 106 cm³/mol. The lowest BCUT2D eigenvalue weighted by molar-refractivity contribution is -0.125. The van der Waals surface area contributed by atoms with Gasteiger partial charge in [0.05, 0.1) is 7.11 Å². The Labute approximate surface area is 161 Å². The van der Waals surface area contributed by atoms with Crippen LogP contribution in [-0.2, 0) is 11.2 Å². The number of hydrogen-bond donors (Lipinski definition) is 1. The average Bonchev–Trinajstić information content (AvgIpc) is 2.68. The molecule has 3 rings (SSSR count). The van der Waals surface area contributed by atoms with E-state index in [0.29, 0.717) is 6.54 Å². The van der Waals surface area contributed by atoms with Crippen LogP contribution in [0, 0.1) is 19.8 Å². The van der Waals surface area contributed by atoms with Crippen molar-refractivity contribution in [3.8, 4) is 5.75 Å². The molecule has 0 bridgehead atoms. The first-order valence-corrected chi connectivity index (χ1v) is 9.53. The summed E-state index contributed by atoms with van der Waals surface area (Å²) in [5.74, 6) is 1.86. The van der Waals surface area contributed by atoms with E-state index in [1.807, 2.05) is 44.2 Å². The first kappa shape index (κ1) is 19.1. The molecule has 2 aromatic rings. The summed E-state index contributed by atoms with van der Waals surface area (Å²) < 4.78 is 5.16. The molecule has 6 heteroatoms. The van der Waals surface area contributed by atoms with Crippen molar-refractivity contribution in [3.05, 3.63) is 47.3 Å². The fourth-order valence-corrected chi connectivity index (χ4v) is 3.46. The number of aromatic nitrogens is 2. The van der Waals surface area contributed by atoms with Gasteiger partial charge in [0.1, 0.15) is 5.75 Å². The van der Waals surface area contributed by atoms with E-state index in [4.69, 9.17) is 4.74 Å². The molecule has 0 atom stereocenters. The summed E-state index contributed by atoms with van der Waals surface area (Å²) in [6.45, 7) is 6.27. The van der Waals surface area contributed by atoms with Crippen LogP contribution in [-0.4, -0.2) is 42.6 Å². The molecule has 1 aliphatic heterocycles. The van der Waals surface area contributed by atoms with E-state index in [9.17, 15) is 4.79 Å². The van der Waals surface area contributed by atoms with Crippen molar-refractivity contribution in [2.45, 2.75) is 33.1 Å². The Bertz CT molecular complexity index is 748. The number of nitrogens with zero attached hydrogens (tertiary/aromatic N) is 3. The van der Waals surface area contributed by atoms with Crippen molar-refractivity contribution in [1.29, 1.82) is 0 Å². The zero-order valence-electron chi connectivity index (χ0n) is 16.4. The molecule has 0 spiro atoms. The third-order valence-corrected chi connectivity index (χ3v) is 4.99. The molecule has 0 aliphatic carbocycles. The van der Waals surface area contributed by atoms with Gasteiger partial charge in [-0.1, -0.05) is 12.1 Å². The van der Waals surface area contributed by atoms with Gasteiger partial charge in [0.15, 0.2) is 0 Å². The van der Waals surface area contributed by atoms with E-state index in [-0.39, 0.29) is 11.8 Å². The Morgan fingerprint density at radius 3 is 2.37 bits per heavy atom. The van der Waals surface area contributed by atoms with Gasteiger partial charge in [-0.3, -0.25) is 4.79 Å². The van der Waals surface area contributed by atoms with Crippen LogP contribution < -0.4 is 15.0 Å². The number of hydrogen-bond acceptors (Lipinski definition) is 5. The van der Waals surface area contributed by atoms with Crippen LogP contribution in [0.2, 0.25) is 0 Å². The molecule has 6 nitrogen and oxygen atoms in total. The average molecular weight is 368 g/mol. The van der Waals surface area contributed by atoms with Crippen LogP contribution >= 0.6 is 0 Å². The standard InChI is InChI=1S/C21H28N4O2/c1-15-14-16(2)24-21(23-15)25-12-9-18(10-13-25)20(26)22-11-8-17-4-6-19(27-3)7-5-17/h4-7,14,18H,8-13H2,1-3H3,(H,22,26). The summed E-state index contributed by atoms with van der Waals surface area (Å²) in [6, 6.07) is 9.94. The van der Waals surface area contributed by atoms with Gasteiger partial charge < -0.3 is 15.0 Å². The lowest BCUT2D eigenvalue weighted by Crippen LogP contribution is -2.41. The van der Waals surface area contributed by atoms with Gasteiger partial charge in [-0.25, -0.2) is 9.97 Å². The number of nitrogens with one attached hydrogen (secondary N) is 1. The minimum absolute atomic E-state index is 0.0722. The zero-order chi connectivity index (χ0) is 19.2. The number of methoxy groups -OCH3 is 1. The Hall–Kier alpha value is -2.63. The molecule has 1 fully saturated rings. The second kappa shape index (κ2) is 8.84. The molecule has 2 heterocycles. The monoisotopic (exact) mass is 368 g/mol. The van der Waals surface area contributed by atoms with Crippen molar-refractivity contribution in [2.75, 3.05) is 31.6 Å². The molecule has 1 aromatic heterocycles. The van der Waals surface area contributed by atoms with E-state index >= 15 is 0 Å². The Balaban J connectivity index is 1.44. The molecule has 1 N–H and O–H groups in total. The van der Waals surface area contributed by atoms with E-state index < -0.39 is 0 Å². The van der Waals surface area contributed by atoms with Crippen molar-refractivity contribution >= 4 is 11.9 Å². The van der Waals surface area contributed by atoms with Gasteiger partial charge >= 0.3 is 0 Å². The molecule has 1 saturated heterocycles. The van der Waals surface area contributed by atoms with Crippen molar-refractivity contribution in [3.63, 3.8) is 0 Å². The van der Waals surface area contributed by atoms with E-state index in [0.717, 1.165) is 55.4 Å². The smallest absolute Gasteiger partial charge is 0.225 e. The summed E-state index contributed by atoms with van der Waals surface area (Å²) in [5, 5.41) is 3.08. The topological polar surface area (TPSA) is 67.3 Å². The summed E-state index contributed by atoms with van der Waals surface area (Å²) in [7, 11) is 1.66. The lowest BCUT2D eigenvalue weighted by atomic mass is 9.96. The molecule has 1 aliphatic rings. The van der Waals surface area contributed by atoms with Crippen LogP contribution in [0.25, 0.3) is 0 Å². The maximum absolute atomic E-state index is 12.5. The summed E-state index contributed by atoms with van der Waals surface area (Å²) in [6.07, 6.45) is 2.50. The van der Waals surface area contributed by atoms with Crippen LogP contribution in [0.4, 0.5) is 5.95 Å². The van der Waals surface area contributed by atoms with Crippen LogP contribution in [0.3, 0.4) is 0 Å². The first-order valence-electron chi connectivity index (χ1n) is 9.53. The SMILES string of the molecule is COc1ccc(CCNC(=O)C2CCN(c3nc(C)cc(C)n3)CC2)cc1. The number of aryl methyl sites for hydroxylation is 2. The number of amides is 1. The predicted octanol–water partition coefficient (Wildman–Crippen LogP) is 2.68. The summed E-state index contributed by atoms with van der Waals surface area (Å²) in [4.78, 5) is 23.7. The third kappa shape index (κ3) is 5.18. The quantitative estimate of drug-likeness (QED) is 0.849. The fraction of sp³-hybridized carbons (Fsp3) is 0.476. The van der Waals surface area contributed by atoms with E-state index in [2.05, 4.69) is 20.2 Å². The number of benzene rings is 1.